The highest BCUT2D eigenvalue weighted by molar-refractivity contribution is 8.93. The van der Waals surface area contributed by atoms with Gasteiger partial charge in [-0.25, -0.2) is 0 Å². The number of rotatable bonds is 0. The van der Waals surface area contributed by atoms with E-state index in [2.05, 4.69) is 0 Å². The first-order valence-electron chi connectivity index (χ1n) is 5.08. The molecule has 4 rings (SSSR count). The van der Waals surface area contributed by atoms with E-state index in [4.69, 9.17) is 5.73 Å². The van der Waals surface area contributed by atoms with E-state index in [0.29, 0.717) is 6.04 Å². The summed E-state index contributed by atoms with van der Waals surface area (Å²) in [5.41, 5.74) is 6.17. The molecule has 0 radical (unpaired) electrons. The summed E-state index contributed by atoms with van der Waals surface area (Å²) < 4.78 is 0. The van der Waals surface area contributed by atoms with Crippen LogP contribution in [-0.4, -0.2) is 6.04 Å². The first-order valence-corrected chi connectivity index (χ1v) is 5.08. The third-order valence-electron chi connectivity index (χ3n) is 4.30. The lowest BCUT2D eigenvalue weighted by Gasteiger charge is -2.53. The molecule has 4 saturated carbocycles. The molecule has 0 atom stereocenters. The predicted octanol–water partition coefficient (Wildman–Crippen LogP) is 2.35. The van der Waals surface area contributed by atoms with Crippen molar-refractivity contribution < 1.29 is 0 Å². The zero-order valence-corrected chi connectivity index (χ0v) is 9.12. The van der Waals surface area contributed by atoms with Crippen LogP contribution < -0.4 is 5.73 Å². The first-order chi connectivity index (χ1) is 5.33. The van der Waals surface area contributed by atoms with E-state index in [9.17, 15) is 0 Å². The molecule has 2 N–H and O–H groups in total. The van der Waals surface area contributed by atoms with Crippen LogP contribution in [0.4, 0.5) is 0 Å². The lowest BCUT2D eigenvalue weighted by Crippen LogP contribution is -2.52. The molecule has 12 heavy (non-hydrogen) atoms. The lowest BCUT2D eigenvalue weighted by molar-refractivity contribution is 0.000349. The van der Waals surface area contributed by atoms with Crippen molar-refractivity contribution in [1.82, 2.24) is 0 Å². The van der Waals surface area contributed by atoms with Gasteiger partial charge in [-0.3, -0.25) is 0 Å². The monoisotopic (exact) mass is 231 g/mol. The molecule has 0 spiro atoms. The summed E-state index contributed by atoms with van der Waals surface area (Å²) in [5, 5.41) is 0. The normalized spacial score (nSPS) is 55.2. The van der Waals surface area contributed by atoms with Gasteiger partial charge in [-0.15, -0.1) is 17.0 Å². The van der Waals surface area contributed by atoms with Gasteiger partial charge in [-0.1, -0.05) is 0 Å². The highest BCUT2D eigenvalue weighted by Crippen LogP contribution is 2.52. The molecule has 0 aromatic rings. The Balaban J connectivity index is 0.000000563. The fourth-order valence-electron chi connectivity index (χ4n) is 3.97. The molecular weight excluding hydrogens is 214 g/mol. The summed E-state index contributed by atoms with van der Waals surface area (Å²) in [6.45, 7) is 0. The summed E-state index contributed by atoms with van der Waals surface area (Å²) in [5.74, 6) is 4.01. The van der Waals surface area contributed by atoms with Crippen LogP contribution in [0.25, 0.3) is 0 Å². The average molecular weight is 232 g/mol. The molecule has 1 nitrogen and oxygen atoms in total. The van der Waals surface area contributed by atoms with Gasteiger partial charge in [-0.05, 0) is 55.8 Å². The molecule has 0 aliphatic heterocycles. The third-order valence-corrected chi connectivity index (χ3v) is 4.30. The Morgan fingerprint density at radius 1 is 0.750 bits per heavy atom. The van der Waals surface area contributed by atoms with Crippen molar-refractivity contribution in [1.29, 1.82) is 0 Å². The second-order valence-corrected chi connectivity index (χ2v) is 5.01. The molecular formula is C10H18BrN. The summed E-state index contributed by atoms with van der Waals surface area (Å²) in [6, 6.07) is 0.586. The number of hydrogen-bond donors (Lipinski definition) is 1. The second kappa shape index (κ2) is 2.98. The van der Waals surface area contributed by atoms with Crippen LogP contribution in [0.3, 0.4) is 0 Å². The van der Waals surface area contributed by atoms with Gasteiger partial charge in [0.25, 0.3) is 0 Å². The molecule has 4 aliphatic carbocycles. The fraction of sp³-hybridized carbons (Fsp3) is 1.00. The second-order valence-electron chi connectivity index (χ2n) is 5.01. The lowest BCUT2D eigenvalue weighted by atomic mass is 9.54. The highest BCUT2D eigenvalue weighted by Gasteiger charge is 2.46. The minimum atomic E-state index is 0. The van der Waals surface area contributed by atoms with Crippen molar-refractivity contribution in [3.8, 4) is 0 Å². The van der Waals surface area contributed by atoms with Crippen molar-refractivity contribution in [3.05, 3.63) is 0 Å². The molecule has 0 aromatic carbocycles. The van der Waals surface area contributed by atoms with Crippen molar-refractivity contribution in [2.75, 3.05) is 0 Å². The minimum Gasteiger partial charge on any atom is -0.327 e. The maximum Gasteiger partial charge on any atom is 0.00960 e. The molecule has 4 aliphatic rings. The van der Waals surface area contributed by atoms with E-state index in [1.54, 1.807) is 6.42 Å². The van der Waals surface area contributed by atoms with Crippen LogP contribution in [0.2, 0.25) is 0 Å². The van der Waals surface area contributed by atoms with Gasteiger partial charge >= 0.3 is 0 Å². The van der Waals surface area contributed by atoms with E-state index in [1.807, 2.05) is 0 Å². The van der Waals surface area contributed by atoms with E-state index >= 15 is 0 Å². The maximum atomic E-state index is 6.17. The molecule has 0 heterocycles. The van der Waals surface area contributed by atoms with E-state index in [0.717, 1.165) is 23.7 Å². The summed E-state index contributed by atoms with van der Waals surface area (Å²) in [7, 11) is 0. The van der Waals surface area contributed by atoms with Gasteiger partial charge in [-0.2, -0.15) is 0 Å². The van der Waals surface area contributed by atoms with E-state index < -0.39 is 0 Å². The summed E-state index contributed by atoms with van der Waals surface area (Å²) in [4.78, 5) is 0. The summed E-state index contributed by atoms with van der Waals surface area (Å²) >= 11 is 0. The van der Waals surface area contributed by atoms with Gasteiger partial charge in [0.15, 0.2) is 0 Å². The fourth-order valence-corrected chi connectivity index (χ4v) is 3.97. The molecule has 0 aromatic heterocycles. The SMILES string of the molecule is Br.NC1C2CC3CC(C2)CC1C3. The Morgan fingerprint density at radius 2 is 1.17 bits per heavy atom. The molecule has 4 fully saturated rings. The quantitative estimate of drug-likeness (QED) is 0.681. The Morgan fingerprint density at radius 3 is 1.58 bits per heavy atom. The van der Waals surface area contributed by atoms with Gasteiger partial charge < -0.3 is 5.73 Å². The minimum absolute atomic E-state index is 0. The average Bonchev–Trinajstić information content (AvgIpc) is 1.98. The van der Waals surface area contributed by atoms with Gasteiger partial charge in [0.05, 0.1) is 0 Å². The maximum absolute atomic E-state index is 6.17. The highest BCUT2D eigenvalue weighted by atomic mass is 79.9. The van der Waals surface area contributed by atoms with Crippen LogP contribution in [0.1, 0.15) is 32.1 Å². The molecule has 0 saturated heterocycles. The van der Waals surface area contributed by atoms with Crippen molar-refractivity contribution in [2.45, 2.75) is 38.1 Å². The van der Waals surface area contributed by atoms with E-state index in [-0.39, 0.29) is 17.0 Å². The topological polar surface area (TPSA) is 26.0 Å². The van der Waals surface area contributed by atoms with Crippen molar-refractivity contribution >= 4 is 17.0 Å². The van der Waals surface area contributed by atoms with Crippen LogP contribution in [0, 0.1) is 23.7 Å². The Hall–Kier alpha value is 0.440. The Labute approximate surface area is 84.9 Å². The molecule has 0 unspecified atom stereocenters. The van der Waals surface area contributed by atoms with Crippen LogP contribution in [0.15, 0.2) is 0 Å². The van der Waals surface area contributed by atoms with Crippen LogP contribution in [0.5, 0.6) is 0 Å². The van der Waals surface area contributed by atoms with Crippen molar-refractivity contribution in [3.63, 3.8) is 0 Å². The Kier molecular flexibility index (Phi) is 2.24. The van der Waals surface area contributed by atoms with Crippen molar-refractivity contribution in [2.24, 2.45) is 29.4 Å². The largest absolute Gasteiger partial charge is 0.327 e. The smallest absolute Gasteiger partial charge is 0.00960 e. The Bertz CT molecular complexity index is 153. The van der Waals surface area contributed by atoms with Crippen LogP contribution in [-0.2, 0) is 0 Å². The third kappa shape index (κ3) is 1.15. The standard InChI is InChI=1S/C10H17N.BrH/c11-10-8-2-6-1-7(4-8)5-9(10)3-6;/h6-10H,1-5,11H2;1H. The number of nitrogens with two attached hydrogens (primary N) is 1. The summed E-state index contributed by atoms with van der Waals surface area (Å²) in [6.07, 6.45) is 7.41. The van der Waals surface area contributed by atoms with Gasteiger partial charge in [0.2, 0.25) is 0 Å². The zero-order valence-electron chi connectivity index (χ0n) is 7.41. The molecule has 4 bridgehead atoms. The van der Waals surface area contributed by atoms with Crippen LogP contribution >= 0.6 is 17.0 Å². The molecule has 2 heteroatoms. The first kappa shape index (κ1) is 9.01. The number of hydrogen-bond acceptors (Lipinski definition) is 1. The molecule has 70 valence electrons. The van der Waals surface area contributed by atoms with E-state index in [1.165, 1.54) is 25.7 Å². The zero-order chi connectivity index (χ0) is 7.42. The molecule has 0 amide bonds. The van der Waals surface area contributed by atoms with Gasteiger partial charge in [0.1, 0.15) is 0 Å². The predicted molar refractivity (Wildman–Crippen MR) is 55.3 cm³/mol. The van der Waals surface area contributed by atoms with Gasteiger partial charge in [0, 0.05) is 6.04 Å². The number of halogens is 1.